The lowest BCUT2D eigenvalue weighted by molar-refractivity contribution is -0.0241. The number of rotatable bonds is 11. The molecule has 0 fully saturated rings. The highest BCUT2D eigenvalue weighted by atomic mass is 16.5. The van der Waals surface area contributed by atoms with E-state index < -0.39 is 5.60 Å². The average molecular weight is 375 g/mol. The monoisotopic (exact) mass is 374 g/mol. The first-order valence-corrected chi connectivity index (χ1v) is 10.3. The summed E-state index contributed by atoms with van der Waals surface area (Å²) in [5, 5.41) is 0. The largest absolute Gasteiger partial charge is 0.379 e. The van der Waals surface area contributed by atoms with Gasteiger partial charge in [0.2, 0.25) is 0 Å². The van der Waals surface area contributed by atoms with Gasteiger partial charge in [0.25, 0.3) is 0 Å². The molecule has 0 aliphatic heterocycles. The SMILES string of the molecule is CCCCCOCCOC(c1ccccc1)(c1ccccc1)c1ccccc1. The molecule has 3 aromatic carbocycles. The molecule has 146 valence electrons. The van der Waals surface area contributed by atoms with Gasteiger partial charge < -0.3 is 9.47 Å². The van der Waals surface area contributed by atoms with Gasteiger partial charge in [-0.15, -0.1) is 0 Å². The maximum atomic E-state index is 6.67. The van der Waals surface area contributed by atoms with Crippen molar-refractivity contribution in [3.8, 4) is 0 Å². The summed E-state index contributed by atoms with van der Waals surface area (Å²) >= 11 is 0. The maximum Gasteiger partial charge on any atom is 0.143 e. The fraction of sp³-hybridized carbons (Fsp3) is 0.308. The molecule has 2 heteroatoms. The van der Waals surface area contributed by atoms with Crippen LogP contribution in [0.1, 0.15) is 42.9 Å². The lowest BCUT2D eigenvalue weighted by Crippen LogP contribution is -2.34. The van der Waals surface area contributed by atoms with Crippen molar-refractivity contribution in [2.24, 2.45) is 0 Å². The zero-order chi connectivity index (χ0) is 19.5. The fourth-order valence-electron chi connectivity index (χ4n) is 3.58. The third kappa shape index (κ3) is 4.89. The predicted molar refractivity (Wildman–Crippen MR) is 116 cm³/mol. The summed E-state index contributed by atoms with van der Waals surface area (Å²) in [7, 11) is 0. The molecule has 0 heterocycles. The van der Waals surface area contributed by atoms with Gasteiger partial charge in [-0.25, -0.2) is 0 Å². The first-order valence-electron chi connectivity index (χ1n) is 10.3. The van der Waals surface area contributed by atoms with Crippen LogP contribution < -0.4 is 0 Å². The van der Waals surface area contributed by atoms with E-state index >= 15 is 0 Å². The molecule has 0 atom stereocenters. The summed E-state index contributed by atoms with van der Waals surface area (Å²) in [6.07, 6.45) is 3.53. The van der Waals surface area contributed by atoms with Crippen molar-refractivity contribution >= 4 is 0 Å². The highest BCUT2D eigenvalue weighted by Gasteiger charge is 2.37. The molecular formula is C26H30O2. The Hall–Kier alpha value is -2.42. The van der Waals surface area contributed by atoms with Crippen LogP contribution in [0.15, 0.2) is 91.0 Å². The van der Waals surface area contributed by atoms with Crippen LogP contribution in [0.5, 0.6) is 0 Å². The smallest absolute Gasteiger partial charge is 0.143 e. The van der Waals surface area contributed by atoms with Crippen LogP contribution in [0.2, 0.25) is 0 Å². The second-order valence-electron chi connectivity index (χ2n) is 6.95. The predicted octanol–water partition coefficient (Wildman–Crippen LogP) is 6.20. The number of ether oxygens (including phenoxy) is 2. The van der Waals surface area contributed by atoms with Crippen molar-refractivity contribution < 1.29 is 9.47 Å². The van der Waals surface area contributed by atoms with E-state index in [1.54, 1.807) is 0 Å². The second kappa shape index (κ2) is 10.8. The van der Waals surface area contributed by atoms with Gasteiger partial charge in [0.1, 0.15) is 5.60 Å². The maximum absolute atomic E-state index is 6.67. The zero-order valence-electron chi connectivity index (χ0n) is 16.7. The molecular weight excluding hydrogens is 344 g/mol. The van der Waals surface area contributed by atoms with E-state index in [4.69, 9.17) is 9.47 Å². The summed E-state index contributed by atoms with van der Waals surface area (Å²) in [4.78, 5) is 0. The van der Waals surface area contributed by atoms with Gasteiger partial charge in [0.15, 0.2) is 0 Å². The summed E-state index contributed by atoms with van der Waals surface area (Å²) in [6, 6.07) is 31.4. The van der Waals surface area contributed by atoms with Crippen molar-refractivity contribution in [3.63, 3.8) is 0 Å². The molecule has 2 nitrogen and oxygen atoms in total. The highest BCUT2D eigenvalue weighted by molar-refractivity contribution is 5.47. The molecule has 0 unspecified atom stereocenters. The Morgan fingerprint density at radius 3 is 1.46 bits per heavy atom. The third-order valence-electron chi connectivity index (χ3n) is 4.98. The first kappa shape index (κ1) is 20.3. The van der Waals surface area contributed by atoms with Gasteiger partial charge in [0.05, 0.1) is 13.2 Å². The van der Waals surface area contributed by atoms with Gasteiger partial charge in [0, 0.05) is 6.61 Å². The van der Waals surface area contributed by atoms with Gasteiger partial charge in [-0.05, 0) is 23.1 Å². The Morgan fingerprint density at radius 2 is 1.04 bits per heavy atom. The van der Waals surface area contributed by atoms with E-state index in [2.05, 4.69) is 79.7 Å². The van der Waals surface area contributed by atoms with Crippen LogP contribution in [-0.4, -0.2) is 19.8 Å². The van der Waals surface area contributed by atoms with Crippen LogP contribution in [0.3, 0.4) is 0 Å². The first-order chi connectivity index (χ1) is 13.9. The van der Waals surface area contributed by atoms with Crippen LogP contribution in [-0.2, 0) is 15.1 Å². The van der Waals surface area contributed by atoms with Crippen molar-refractivity contribution in [2.75, 3.05) is 19.8 Å². The van der Waals surface area contributed by atoms with E-state index in [0.717, 1.165) is 29.7 Å². The summed E-state index contributed by atoms with van der Waals surface area (Å²) in [5.41, 5.74) is 2.71. The van der Waals surface area contributed by atoms with Crippen molar-refractivity contribution in [1.82, 2.24) is 0 Å². The Bertz CT molecular complexity index is 688. The van der Waals surface area contributed by atoms with E-state index in [0.29, 0.717) is 13.2 Å². The minimum Gasteiger partial charge on any atom is -0.379 e. The Balaban J connectivity index is 1.91. The fourth-order valence-corrected chi connectivity index (χ4v) is 3.58. The molecule has 0 aliphatic rings. The summed E-state index contributed by atoms with van der Waals surface area (Å²) in [5.74, 6) is 0. The standard InChI is InChI=1S/C26H30O2/c1-2-3-13-20-27-21-22-28-26(23-14-7-4-8-15-23,24-16-9-5-10-17-24)25-18-11-6-12-19-25/h4-12,14-19H,2-3,13,20-22H2,1H3. The molecule has 0 spiro atoms. The molecule has 28 heavy (non-hydrogen) atoms. The van der Waals surface area contributed by atoms with E-state index in [9.17, 15) is 0 Å². The Kier molecular flexibility index (Phi) is 7.83. The minimum absolute atomic E-state index is 0.533. The molecule has 0 radical (unpaired) electrons. The highest BCUT2D eigenvalue weighted by Crippen LogP contribution is 2.40. The second-order valence-corrected chi connectivity index (χ2v) is 6.95. The summed E-state index contributed by atoms with van der Waals surface area (Å²) < 4.78 is 12.5. The van der Waals surface area contributed by atoms with Crippen molar-refractivity contribution in [2.45, 2.75) is 31.8 Å². The molecule has 0 amide bonds. The molecule has 0 bridgehead atoms. The Morgan fingerprint density at radius 1 is 0.571 bits per heavy atom. The molecule has 0 saturated heterocycles. The van der Waals surface area contributed by atoms with Crippen LogP contribution >= 0.6 is 0 Å². The van der Waals surface area contributed by atoms with Gasteiger partial charge in [-0.1, -0.05) is 111 Å². The number of hydrogen-bond donors (Lipinski definition) is 0. The molecule has 3 aromatic rings. The Labute approximate surface area is 169 Å². The molecule has 0 aliphatic carbocycles. The lowest BCUT2D eigenvalue weighted by atomic mass is 9.80. The van der Waals surface area contributed by atoms with Crippen molar-refractivity contribution in [1.29, 1.82) is 0 Å². The normalized spacial score (nSPS) is 11.5. The van der Waals surface area contributed by atoms with E-state index in [1.807, 2.05) is 18.2 Å². The number of benzene rings is 3. The van der Waals surface area contributed by atoms with E-state index in [1.165, 1.54) is 12.8 Å². The zero-order valence-corrected chi connectivity index (χ0v) is 16.7. The molecule has 0 aromatic heterocycles. The number of unbranched alkanes of at least 4 members (excludes halogenated alkanes) is 2. The van der Waals surface area contributed by atoms with Crippen LogP contribution in [0.4, 0.5) is 0 Å². The average Bonchev–Trinajstić information content (AvgIpc) is 2.78. The van der Waals surface area contributed by atoms with Gasteiger partial charge in [-0.2, -0.15) is 0 Å². The minimum atomic E-state index is -0.656. The number of hydrogen-bond acceptors (Lipinski definition) is 2. The third-order valence-corrected chi connectivity index (χ3v) is 4.98. The summed E-state index contributed by atoms with van der Waals surface area (Å²) in [6.45, 7) is 4.13. The van der Waals surface area contributed by atoms with Crippen LogP contribution in [0.25, 0.3) is 0 Å². The molecule has 3 rings (SSSR count). The molecule has 0 N–H and O–H groups in total. The van der Waals surface area contributed by atoms with Crippen molar-refractivity contribution in [3.05, 3.63) is 108 Å². The molecule has 0 saturated carbocycles. The van der Waals surface area contributed by atoms with Gasteiger partial charge >= 0.3 is 0 Å². The quantitative estimate of drug-likeness (QED) is 0.294. The lowest BCUT2D eigenvalue weighted by Gasteiger charge is -2.36. The van der Waals surface area contributed by atoms with E-state index in [-0.39, 0.29) is 0 Å². The topological polar surface area (TPSA) is 18.5 Å². The van der Waals surface area contributed by atoms with Crippen LogP contribution in [0, 0.1) is 0 Å². The van der Waals surface area contributed by atoms with Gasteiger partial charge in [-0.3, -0.25) is 0 Å².